The fourth-order valence-corrected chi connectivity index (χ4v) is 6.27. The molecule has 2 aromatic carbocycles. The Morgan fingerprint density at radius 1 is 0.950 bits per heavy atom. The van der Waals surface area contributed by atoms with Crippen molar-refractivity contribution in [3.05, 3.63) is 111 Å². The van der Waals surface area contributed by atoms with Crippen molar-refractivity contribution in [3.8, 4) is 0 Å². The Kier molecular flexibility index (Phi) is 7.12. The smallest absolute Gasteiger partial charge is 0.267 e. The fraction of sp³-hybridized carbons (Fsp3) is 0.200. The van der Waals surface area contributed by atoms with Crippen LogP contribution in [0.4, 0.5) is 15.9 Å². The Morgan fingerprint density at radius 3 is 2.38 bits per heavy atom. The van der Waals surface area contributed by atoms with Crippen molar-refractivity contribution in [1.29, 1.82) is 0 Å². The molecule has 7 nitrogen and oxygen atoms in total. The van der Waals surface area contributed by atoms with Crippen molar-refractivity contribution in [2.24, 2.45) is 0 Å². The Labute approximate surface area is 240 Å². The standard InChI is InChI=1S/C30H26FN5O2S2/c1-20-6-5-13-35-26(20)32-27(34-16-14-33(15-17-34)23-11-9-22(31)10-12-23)24(28(35)37)18-25-29(38)36(30(39)40-25)19-21-7-3-2-4-8-21/h2-13,18H,14-17,19H2,1H3. The van der Waals surface area contributed by atoms with E-state index in [1.54, 1.807) is 29.3 Å². The molecule has 0 bridgehead atoms. The van der Waals surface area contributed by atoms with E-state index in [4.69, 9.17) is 17.2 Å². The van der Waals surface area contributed by atoms with E-state index in [0.29, 0.717) is 59.0 Å². The lowest BCUT2D eigenvalue weighted by molar-refractivity contribution is -0.122. The third kappa shape index (κ3) is 5.00. The van der Waals surface area contributed by atoms with E-state index in [-0.39, 0.29) is 17.3 Å². The molecule has 2 aliphatic rings. The van der Waals surface area contributed by atoms with Crippen molar-refractivity contribution in [2.75, 3.05) is 36.0 Å². The number of carbonyl (C=O) groups excluding carboxylic acids is 1. The first-order valence-corrected chi connectivity index (χ1v) is 14.2. The minimum atomic E-state index is -0.266. The molecule has 0 N–H and O–H groups in total. The van der Waals surface area contributed by atoms with Gasteiger partial charge in [0.1, 0.15) is 21.6 Å². The van der Waals surface area contributed by atoms with Gasteiger partial charge in [-0.05, 0) is 54.5 Å². The number of rotatable bonds is 5. The number of thiocarbonyl (C=S) groups is 1. The Bertz CT molecular complexity index is 1700. The number of anilines is 2. The van der Waals surface area contributed by atoms with Crippen molar-refractivity contribution in [1.82, 2.24) is 14.3 Å². The van der Waals surface area contributed by atoms with Gasteiger partial charge in [0.15, 0.2) is 0 Å². The minimum absolute atomic E-state index is 0.223. The number of hydrogen-bond acceptors (Lipinski definition) is 7. The van der Waals surface area contributed by atoms with Crippen LogP contribution in [0.1, 0.15) is 16.7 Å². The number of pyridine rings is 1. The molecule has 0 atom stereocenters. The van der Waals surface area contributed by atoms with E-state index < -0.39 is 0 Å². The summed E-state index contributed by atoms with van der Waals surface area (Å²) in [5.74, 6) is 0.0588. The summed E-state index contributed by atoms with van der Waals surface area (Å²) < 4.78 is 15.4. The topological polar surface area (TPSA) is 61.2 Å². The summed E-state index contributed by atoms with van der Waals surface area (Å²) in [7, 11) is 0. The SMILES string of the molecule is Cc1cccn2c(=O)c(C=C3SC(=S)N(Cc4ccccc4)C3=O)c(N3CCN(c4ccc(F)cc4)CC3)nc12. The van der Waals surface area contributed by atoms with E-state index in [9.17, 15) is 14.0 Å². The predicted molar refractivity (Wildman–Crippen MR) is 162 cm³/mol. The summed E-state index contributed by atoms with van der Waals surface area (Å²) in [6, 6.07) is 19.9. The first-order valence-electron chi connectivity index (χ1n) is 13.0. The lowest BCUT2D eigenvalue weighted by Crippen LogP contribution is -2.47. The molecule has 40 heavy (non-hydrogen) atoms. The molecule has 2 aromatic heterocycles. The Hall–Kier alpha value is -4.02. The molecule has 4 heterocycles. The summed E-state index contributed by atoms with van der Waals surface area (Å²) in [5.41, 5.74) is 3.51. The lowest BCUT2D eigenvalue weighted by Gasteiger charge is -2.37. The summed E-state index contributed by atoms with van der Waals surface area (Å²) in [5, 5.41) is 0. The molecule has 202 valence electrons. The molecule has 0 saturated carbocycles. The normalized spacial score (nSPS) is 16.9. The van der Waals surface area contributed by atoms with Crippen LogP contribution in [0.25, 0.3) is 11.7 Å². The molecule has 2 fully saturated rings. The molecule has 6 rings (SSSR count). The summed E-state index contributed by atoms with van der Waals surface area (Å²) in [6.07, 6.45) is 3.35. The van der Waals surface area contributed by atoms with E-state index in [2.05, 4.69) is 9.80 Å². The molecular formula is C30H26FN5O2S2. The van der Waals surface area contributed by atoms with Crippen LogP contribution in [0.2, 0.25) is 0 Å². The van der Waals surface area contributed by atoms with Gasteiger partial charge in [0, 0.05) is 38.1 Å². The number of fused-ring (bicyclic) bond motifs is 1. The van der Waals surface area contributed by atoms with Crippen LogP contribution in [0.15, 0.2) is 82.6 Å². The molecule has 10 heteroatoms. The van der Waals surface area contributed by atoms with Crippen LogP contribution in [0.5, 0.6) is 0 Å². The van der Waals surface area contributed by atoms with Gasteiger partial charge in [-0.2, -0.15) is 0 Å². The number of carbonyl (C=O) groups is 1. The third-order valence-corrected chi connectivity index (χ3v) is 8.55. The number of aryl methyl sites for hydroxylation is 1. The molecule has 4 aromatic rings. The van der Waals surface area contributed by atoms with Gasteiger partial charge in [0.25, 0.3) is 11.5 Å². The average Bonchev–Trinajstić information content (AvgIpc) is 3.23. The second-order valence-electron chi connectivity index (χ2n) is 9.74. The highest BCUT2D eigenvalue weighted by atomic mass is 32.2. The zero-order chi connectivity index (χ0) is 27.8. The van der Waals surface area contributed by atoms with Gasteiger partial charge in [-0.25, -0.2) is 9.37 Å². The predicted octanol–water partition coefficient (Wildman–Crippen LogP) is 4.87. The number of aromatic nitrogens is 2. The van der Waals surface area contributed by atoms with Crippen molar-refractivity contribution >= 4 is 57.4 Å². The Morgan fingerprint density at radius 2 is 1.65 bits per heavy atom. The maximum absolute atomic E-state index is 13.8. The number of nitrogens with zero attached hydrogens (tertiary/aromatic N) is 5. The molecule has 0 aliphatic carbocycles. The second kappa shape index (κ2) is 10.9. The van der Waals surface area contributed by atoms with Crippen molar-refractivity contribution in [2.45, 2.75) is 13.5 Å². The van der Waals surface area contributed by atoms with Gasteiger partial charge in [-0.3, -0.25) is 18.9 Å². The fourth-order valence-electron chi connectivity index (χ4n) is 5.03. The highest BCUT2D eigenvalue weighted by molar-refractivity contribution is 8.26. The molecular weight excluding hydrogens is 545 g/mol. The van der Waals surface area contributed by atoms with Gasteiger partial charge < -0.3 is 9.80 Å². The van der Waals surface area contributed by atoms with Crippen LogP contribution < -0.4 is 15.4 Å². The summed E-state index contributed by atoms with van der Waals surface area (Å²) >= 11 is 6.75. The largest absolute Gasteiger partial charge is 0.368 e. The summed E-state index contributed by atoms with van der Waals surface area (Å²) in [4.78, 5) is 38.5. The van der Waals surface area contributed by atoms with Gasteiger partial charge in [0.05, 0.1) is 17.0 Å². The molecule has 0 spiro atoms. The molecule has 2 aliphatic heterocycles. The maximum Gasteiger partial charge on any atom is 0.267 e. The number of benzene rings is 2. The van der Waals surface area contributed by atoms with Gasteiger partial charge in [0.2, 0.25) is 0 Å². The van der Waals surface area contributed by atoms with Crippen molar-refractivity contribution in [3.63, 3.8) is 0 Å². The van der Waals surface area contributed by atoms with Gasteiger partial charge in [-0.1, -0.05) is 60.4 Å². The second-order valence-corrected chi connectivity index (χ2v) is 11.4. The van der Waals surface area contributed by atoms with Crippen LogP contribution in [-0.2, 0) is 11.3 Å². The van der Waals surface area contributed by atoms with Gasteiger partial charge >= 0.3 is 0 Å². The molecule has 0 unspecified atom stereocenters. The van der Waals surface area contributed by atoms with Crippen LogP contribution in [-0.4, -0.2) is 50.7 Å². The quantitative estimate of drug-likeness (QED) is 0.250. The van der Waals surface area contributed by atoms with Crippen LogP contribution in [0, 0.1) is 12.7 Å². The van der Waals surface area contributed by atoms with Gasteiger partial charge in [-0.15, -0.1) is 0 Å². The van der Waals surface area contributed by atoms with E-state index in [1.807, 2.05) is 49.4 Å². The number of hydrogen-bond donors (Lipinski definition) is 0. The highest BCUT2D eigenvalue weighted by Gasteiger charge is 2.33. The highest BCUT2D eigenvalue weighted by Crippen LogP contribution is 2.35. The molecule has 2 saturated heterocycles. The van der Waals surface area contributed by atoms with Crippen LogP contribution >= 0.6 is 24.0 Å². The van der Waals surface area contributed by atoms with Crippen LogP contribution in [0.3, 0.4) is 0 Å². The van der Waals surface area contributed by atoms with Crippen molar-refractivity contribution < 1.29 is 9.18 Å². The minimum Gasteiger partial charge on any atom is -0.368 e. The maximum atomic E-state index is 13.8. The number of halogens is 1. The number of amides is 1. The monoisotopic (exact) mass is 571 g/mol. The zero-order valence-corrected chi connectivity index (χ0v) is 23.4. The number of piperazine rings is 1. The first-order chi connectivity index (χ1) is 19.4. The molecule has 0 radical (unpaired) electrons. The third-order valence-electron chi connectivity index (χ3n) is 7.17. The number of thioether (sulfide) groups is 1. The van der Waals surface area contributed by atoms with E-state index >= 15 is 0 Å². The average molecular weight is 572 g/mol. The van der Waals surface area contributed by atoms with E-state index in [0.717, 1.165) is 16.8 Å². The Balaban J connectivity index is 1.35. The lowest BCUT2D eigenvalue weighted by atomic mass is 10.2. The summed E-state index contributed by atoms with van der Waals surface area (Å²) in [6.45, 7) is 4.88. The molecule has 1 amide bonds. The van der Waals surface area contributed by atoms with E-state index in [1.165, 1.54) is 28.3 Å². The first kappa shape index (κ1) is 26.2. The zero-order valence-electron chi connectivity index (χ0n) is 21.8.